The van der Waals surface area contributed by atoms with Crippen molar-refractivity contribution in [3.8, 4) is 0 Å². The summed E-state index contributed by atoms with van der Waals surface area (Å²) in [6.07, 6.45) is 1.67. The van der Waals surface area contributed by atoms with Gasteiger partial charge in [-0.25, -0.2) is 9.59 Å². The van der Waals surface area contributed by atoms with Crippen LogP contribution in [0.1, 0.15) is 13.8 Å². The summed E-state index contributed by atoms with van der Waals surface area (Å²) in [5, 5.41) is 15.0. The molecule has 21 heavy (non-hydrogen) atoms. The lowest BCUT2D eigenvalue weighted by Crippen LogP contribution is -2.46. The molecule has 1 aromatic heterocycles. The molecule has 2 aromatic rings. The molecule has 6 heteroatoms. The Kier molecular flexibility index (Phi) is 4.37. The highest BCUT2D eigenvalue weighted by Crippen LogP contribution is 2.21. The van der Waals surface area contributed by atoms with Crippen molar-refractivity contribution in [3.63, 3.8) is 0 Å². The third-order valence-corrected chi connectivity index (χ3v) is 3.11. The zero-order valence-electron chi connectivity index (χ0n) is 11.8. The summed E-state index contributed by atoms with van der Waals surface area (Å²) in [6.45, 7) is 3.47. The second kappa shape index (κ2) is 6.21. The summed E-state index contributed by atoms with van der Waals surface area (Å²) in [5.41, 5.74) is 1.35. The smallest absolute Gasteiger partial charge is 0.326 e. The van der Waals surface area contributed by atoms with Crippen LogP contribution in [-0.2, 0) is 4.79 Å². The minimum atomic E-state index is -1.06. The fraction of sp³-hybridized carbons (Fsp3) is 0.267. The SMILES string of the molecule is CC(C)[C@@H](NC(=O)Nc1cccc2ncccc12)C(=O)O. The van der Waals surface area contributed by atoms with E-state index < -0.39 is 18.0 Å². The molecule has 0 unspecified atom stereocenters. The monoisotopic (exact) mass is 287 g/mol. The maximum atomic E-state index is 12.0. The average Bonchev–Trinajstić information content (AvgIpc) is 2.44. The minimum absolute atomic E-state index is 0.206. The zero-order valence-corrected chi connectivity index (χ0v) is 11.8. The van der Waals surface area contributed by atoms with Gasteiger partial charge in [-0.3, -0.25) is 4.98 Å². The van der Waals surface area contributed by atoms with Gasteiger partial charge >= 0.3 is 12.0 Å². The highest BCUT2D eigenvalue weighted by atomic mass is 16.4. The van der Waals surface area contributed by atoms with Gasteiger partial charge in [0.15, 0.2) is 0 Å². The van der Waals surface area contributed by atoms with Crippen molar-refractivity contribution in [2.75, 3.05) is 5.32 Å². The number of hydrogen-bond acceptors (Lipinski definition) is 3. The summed E-state index contributed by atoms with van der Waals surface area (Å²) in [6, 6.07) is 7.50. The number of nitrogens with zero attached hydrogens (tertiary/aromatic N) is 1. The first-order valence-corrected chi connectivity index (χ1v) is 6.63. The van der Waals surface area contributed by atoms with Gasteiger partial charge in [0.1, 0.15) is 6.04 Å². The van der Waals surface area contributed by atoms with Gasteiger partial charge in [-0.1, -0.05) is 19.9 Å². The molecule has 0 fully saturated rings. The van der Waals surface area contributed by atoms with E-state index in [9.17, 15) is 9.59 Å². The number of benzene rings is 1. The van der Waals surface area contributed by atoms with Gasteiger partial charge in [0.05, 0.1) is 11.2 Å². The Morgan fingerprint density at radius 3 is 2.62 bits per heavy atom. The molecule has 0 radical (unpaired) electrons. The Balaban J connectivity index is 2.17. The second-order valence-electron chi connectivity index (χ2n) is 5.03. The van der Waals surface area contributed by atoms with Crippen molar-refractivity contribution in [3.05, 3.63) is 36.5 Å². The molecule has 0 aliphatic heterocycles. The molecule has 0 spiro atoms. The number of pyridine rings is 1. The van der Waals surface area contributed by atoms with Gasteiger partial charge in [-0.05, 0) is 30.2 Å². The summed E-state index contributed by atoms with van der Waals surface area (Å²) in [7, 11) is 0. The van der Waals surface area contributed by atoms with Crippen molar-refractivity contribution < 1.29 is 14.7 Å². The van der Waals surface area contributed by atoms with Crippen LogP contribution >= 0.6 is 0 Å². The number of nitrogens with one attached hydrogen (secondary N) is 2. The molecule has 0 aliphatic rings. The third kappa shape index (κ3) is 3.47. The molecule has 6 nitrogen and oxygen atoms in total. The van der Waals surface area contributed by atoms with E-state index in [1.165, 1.54) is 0 Å². The van der Waals surface area contributed by atoms with Gasteiger partial charge in [-0.2, -0.15) is 0 Å². The number of amides is 2. The Morgan fingerprint density at radius 1 is 1.19 bits per heavy atom. The molecule has 2 amide bonds. The summed E-state index contributed by atoms with van der Waals surface area (Å²) < 4.78 is 0. The summed E-state index contributed by atoms with van der Waals surface area (Å²) in [5.74, 6) is -1.26. The van der Waals surface area contributed by atoms with Crippen LogP contribution in [0.15, 0.2) is 36.5 Å². The molecule has 1 heterocycles. The fourth-order valence-corrected chi connectivity index (χ4v) is 2.03. The van der Waals surface area contributed by atoms with Gasteiger partial charge in [0.2, 0.25) is 0 Å². The highest BCUT2D eigenvalue weighted by Gasteiger charge is 2.23. The molecule has 0 bridgehead atoms. The lowest BCUT2D eigenvalue weighted by Gasteiger charge is -2.18. The molecule has 1 aromatic carbocycles. The van der Waals surface area contributed by atoms with Crippen LogP contribution in [0.25, 0.3) is 10.9 Å². The second-order valence-corrected chi connectivity index (χ2v) is 5.03. The Hall–Kier alpha value is -2.63. The van der Waals surface area contributed by atoms with Crippen LogP contribution in [-0.4, -0.2) is 28.1 Å². The van der Waals surface area contributed by atoms with Crippen LogP contribution in [0.3, 0.4) is 0 Å². The number of carboxylic acids is 1. The van der Waals surface area contributed by atoms with E-state index >= 15 is 0 Å². The normalized spacial score (nSPS) is 12.1. The van der Waals surface area contributed by atoms with Gasteiger partial charge in [0.25, 0.3) is 0 Å². The molecule has 110 valence electrons. The number of carboxylic acid groups (broad SMARTS) is 1. The van der Waals surface area contributed by atoms with E-state index in [-0.39, 0.29) is 5.92 Å². The average molecular weight is 287 g/mol. The number of aromatic nitrogens is 1. The van der Waals surface area contributed by atoms with E-state index in [1.807, 2.05) is 12.1 Å². The standard InChI is InChI=1S/C15H17N3O3/c1-9(2)13(14(19)20)18-15(21)17-12-7-3-6-11-10(12)5-4-8-16-11/h3-9,13H,1-2H3,(H,19,20)(H2,17,18,21)/t13-/m1/s1. The zero-order chi connectivity index (χ0) is 15.4. The van der Waals surface area contributed by atoms with E-state index in [2.05, 4.69) is 15.6 Å². The van der Waals surface area contributed by atoms with E-state index in [0.29, 0.717) is 5.69 Å². The van der Waals surface area contributed by atoms with Crippen molar-refractivity contribution in [2.45, 2.75) is 19.9 Å². The van der Waals surface area contributed by atoms with Gasteiger partial charge in [-0.15, -0.1) is 0 Å². The number of aliphatic carboxylic acids is 1. The lowest BCUT2D eigenvalue weighted by atomic mass is 10.1. The molecular weight excluding hydrogens is 270 g/mol. The largest absolute Gasteiger partial charge is 0.480 e. The molecule has 1 atom stereocenters. The summed E-state index contributed by atoms with van der Waals surface area (Å²) >= 11 is 0. The lowest BCUT2D eigenvalue weighted by molar-refractivity contribution is -0.140. The number of carbonyl (C=O) groups is 2. The number of fused-ring (bicyclic) bond motifs is 1. The minimum Gasteiger partial charge on any atom is -0.480 e. The maximum Gasteiger partial charge on any atom is 0.326 e. The predicted octanol–water partition coefficient (Wildman–Crippen LogP) is 2.47. The van der Waals surface area contributed by atoms with Crippen molar-refractivity contribution in [1.82, 2.24) is 10.3 Å². The molecule has 0 aliphatic carbocycles. The first-order valence-electron chi connectivity index (χ1n) is 6.63. The van der Waals surface area contributed by atoms with E-state index in [1.54, 1.807) is 38.2 Å². The third-order valence-electron chi connectivity index (χ3n) is 3.11. The van der Waals surface area contributed by atoms with Crippen LogP contribution < -0.4 is 10.6 Å². The van der Waals surface area contributed by atoms with Crippen LogP contribution in [0.2, 0.25) is 0 Å². The van der Waals surface area contributed by atoms with Crippen molar-refractivity contribution >= 4 is 28.6 Å². The van der Waals surface area contributed by atoms with Crippen LogP contribution in [0.4, 0.5) is 10.5 Å². The molecule has 3 N–H and O–H groups in total. The fourth-order valence-electron chi connectivity index (χ4n) is 2.03. The van der Waals surface area contributed by atoms with Crippen LogP contribution in [0.5, 0.6) is 0 Å². The predicted molar refractivity (Wildman–Crippen MR) is 80.2 cm³/mol. The van der Waals surface area contributed by atoms with Crippen LogP contribution in [0, 0.1) is 5.92 Å². The Labute approximate surface area is 122 Å². The quantitative estimate of drug-likeness (QED) is 0.805. The number of rotatable bonds is 4. The Bertz CT molecular complexity index is 665. The maximum absolute atomic E-state index is 12.0. The Morgan fingerprint density at radius 2 is 1.95 bits per heavy atom. The van der Waals surface area contributed by atoms with Crippen molar-refractivity contribution in [1.29, 1.82) is 0 Å². The van der Waals surface area contributed by atoms with Gasteiger partial charge in [0, 0.05) is 11.6 Å². The molecule has 0 saturated heterocycles. The van der Waals surface area contributed by atoms with E-state index in [0.717, 1.165) is 10.9 Å². The molecular formula is C15H17N3O3. The van der Waals surface area contributed by atoms with E-state index in [4.69, 9.17) is 5.11 Å². The number of hydrogen-bond donors (Lipinski definition) is 3. The summed E-state index contributed by atoms with van der Waals surface area (Å²) in [4.78, 5) is 27.3. The first kappa shape index (κ1) is 14.8. The van der Waals surface area contributed by atoms with Gasteiger partial charge < -0.3 is 15.7 Å². The number of carbonyl (C=O) groups excluding carboxylic acids is 1. The highest BCUT2D eigenvalue weighted by molar-refractivity contribution is 6.01. The number of urea groups is 1. The number of anilines is 1. The molecule has 2 rings (SSSR count). The topological polar surface area (TPSA) is 91.3 Å². The first-order chi connectivity index (χ1) is 9.99. The van der Waals surface area contributed by atoms with Crippen molar-refractivity contribution in [2.24, 2.45) is 5.92 Å². The molecule has 0 saturated carbocycles.